The maximum atomic E-state index is 8.88. The third kappa shape index (κ3) is 1.70. The molecule has 4 nitrogen and oxygen atoms in total. The van der Waals surface area contributed by atoms with Gasteiger partial charge in [0.15, 0.2) is 0 Å². The topological polar surface area (TPSA) is 50.7 Å². The lowest BCUT2D eigenvalue weighted by Gasteiger charge is -2.19. The van der Waals surface area contributed by atoms with Crippen LogP contribution in [0.5, 0.6) is 0 Å². The van der Waals surface area contributed by atoms with Crippen LogP contribution in [-0.2, 0) is 9.47 Å². The Kier molecular flexibility index (Phi) is 3.26. The molecule has 0 aromatic rings. The van der Waals surface area contributed by atoms with Crippen LogP contribution >= 0.6 is 0 Å². The quantitative estimate of drug-likeness (QED) is 0.556. The molecule has 66 valence electrons. The largest absolute Gasteiger partial charge is 0.395 e. The number of methoxy groups -OCH3 is 2. The van der Waals surface area contributed by atoms with Gasteiger partial charge in [-0.3, -0.25) is 0 Å². The van der Waals surface area contributed by atoms with Crippen LogP contribution < -0.4 is 5.32 Å². The predicted octanol–water partition coefficient (Wildman–Crippen LogP) is -1.02. The van der Waals surface area contributed by atoms with Gasteiger partial charge in [-0.15, -0.1) is 0 Å². The lowest BCUT2D eigenvalue weighted by atomic mass is 10.1. The van der Waals surface area contributed by atoms with Gasteiger partial charge < -0.3 is 19.9 Å². The Morgan fingerprint density at radius 3 is 2.64 bits per heavy atom. The van der Waals surface area contributed by atoms with Crippen molar-refractivity contribution in [2.75, 3.05) is 27.4 Å². The van der Waals surface area contributed by atoms with Crippen LogP contribution in [0, 0.1) is 0 Å². The Morgan fingerprint density at radius 1 is 1.45 bits per heavy atom. The first-order valence-corrected chi connectivity index (χ1v) is 3.73. The summed E-state index contributed by atoms with van der Waals surface area (Å²) in [4.78, 5) is 0. The summed E-state index contributed by atoms with van der Waals surface area (Å²) in [6.45, 7) is 0.846. The highest BCUT2D eigenvalue weighted by atomic mass is 16.5. The first-order chi connectivity index (χ1) is 5.33. The first kappa shape index (κ1) is 8.93. The Hall–Kier alpha value is -0.160. The number of aliphatic hydroxyl groups is 1. The highest BCUT2D eigenvalue weighted by molar-refractivity contribution is 4.91. The van der Waals surface area contributed by atoms with Crippen LogP contribution in [0.1, 0.15) is 0 Å². The molecule has 0 bridgehead atoms. The third-order valence-corrected chi connectivity index (χ3v) is 2.12. The number of rotatable bonds is 3. The van der Waals surface area contributed by atoms with E-state index in [1.165, 1.54) is 0 Å². The van der Waals surface area contributed by atoms with Gasteiger partial charge >= 0.3 is 0 Å². The number of ether oxygens (including phenoxy) is 2. The normalized spacial score (nSPS) is 37.9. The molecule has 3 atom stereocenters. The second-order valence-electron chi connectivity index (χ2n) is 2.67. The number of nitrogens with one attached hydrogen (secondary N) is 1. The van der Waals surface area contributed by atoms with Crippen molar-refractivity contribution in [2.24, 2.45) is 0 Å². The molecule has 4 heteroatoms. The summed E-state index contributed by atoms with van der Waals surface area (Å²) in [5.74, 6) is 0. The summed E-state index contributed by atoms with van der Waals surface area (Å²) in [6, 6.07) is 0.0185. The van der Waals surface area contributed by atoms with Gasteiger partial charge in [0.2, 0.25) is 0 Å². The van der Waals surface area contributed by atoms with E-state index in [9.17, 15) is 0 Å². The Bertz CT molecular complexity index is 108. The lowest BCUT2D eigenvalue weighted by Crippen LogP contribution is -2.38. The van der Waals surface area contributed by atoms with E-state index >= 15 is 0 Å². The zero-order chi connectivity index (χ0) is 8.27. The van der Waals surface area contributed by atoms with E-state index in [1.807, 2.05) is 0 Å². The van der Waals surface area contributed by atoms with Crippen molar-refractivity contribution in [1.82, 2.24) is 5.32 Å². The van der Waals surface area contributed by atoms with Gasteiger partial charge in [0, 0.05) is 20.8 Å². The first-order valence-electron chi connectivity index (χ1n) is 3.73. The van der Waals surface area contributed by atoms with Gasteiger partial charge in [-0.05, 0) is 0 Å². The highest BCUT2D eigenvalue weighted by Gasteiger charge is 2.35. The van der Waals surface area contributed by atoms with Crippen molar-refractivity contribution < 1.29 is 14.6 Å². The van der Waals surface area contributed by atoms with Crippen LogP contribution in [0.15, 0.2) is 0 Å². The second kappa shape index (κ2) is 4.01. The van der Waals surface area contributed by atoms with E-state index < -0.39 is 0 Å². The Morgan fingerprint density at radius 2 is 2.18 bits per heavy atom. The molecule has 2 N–H and O–H groups in total. The average Bonchev–Trinajstić information content (AvgIpc) is 2.45. The molecule has 0 spiro atoms. The summed E-state index contributed by atoms with van der Waals surface area (Å²) in [7, 11) is 3.28. The van der Waals surface area contributed by atoms with Gasteiger partial charge in [0.1, 0.15) is 6.10 Å². The standard InChI is InChI=1S/C7H15NO3/c1-10-6-3-8-5(4-9)7(6)11-2/h5-9H,3-4H2,1-2H3/t5-,6+,7-/m0/s1. The molecule has 1 heterocycles. The summed E-state index contributed by atoms with van der Waals surface area (Å²) in [5, 5.41) is 12.0. The van der Waals surface area contributed by atoms with Crippen molar-refractivity contribution in [3.05, 3.63) is 0 Å². The van der Waals surface area contributed by atoms with E-state index in [0.29, 0.717) is 0 Å². The molecule has 1 rings (SSSR count). The minimum Gasteiger partial charge on any atom is -0.395 e. The molecule has 0 amide bonds. The van der Waals surface area contributed by atoms with Crippen LogP contribution in [0.3, 0.4) is 0 Å². The Balaban J connectivity index is 2.48. The molecule has 1 fully saturated rings. The Labute approximate surface area is 66.5 Å². The van der Waals surface area contributed by atoms with Gasteiger partial charge in [0.05, 0.1) is 18.8 Å². The van der Waals surface area contributed by atoms with Crippen molar-refractivity contribution in [3.8, 4) is 0 Å². The molecule has 0 unspecified atom stereocenters. The monoisotopic (exact) mass is 161 g/mol. The van der Waals surface area contributed by atoms with Crippen molar-refractivity contribution in [2.45, 2.75) is 18.2 Å². The summed E-state index contributed by atoms with van der Waals surface area (Å²) in [5.41, 5.74) is 0. The van der Waals surface area contributed by atoms with Crippen molar-refractivity contribution >= 4 is 0 Å². The zero-order valence-electron chi connectivity index (χ0n) is 6.91. The molecule has 0 aromatic heterocycles. The molecule has 1 aliphatic heterocycles. The van der Waals surface area contributed by atoms with E-state index in [2.05, 4.69) is 5.32 Å². The second-order valence-corrected chi connectivity index (χ2v) is 2.67. The fourth-order valence-electron chi connectivity index (χ4n) is 1.46. The van der Waals surface area contributed by atoms with Crippen LogP contribution in [0.25, 0.3) is 0 Å². The molecule has 0 aromatic carbocycles. The van der Waals surface area contributed by atoms with Gasteiger partial charge in [0.25, 0.3) is 0 Å². The number of aliphatic hydroxyl groups excluding tert-OH is 1. The van der Waals surface area contributed by atoms with Crippen molar-refractivity contribution in [3.63, 3.8) is 0 Å². The molecule has 0 aliphatic carbocycles. The third-order valence-electron chi connectivity index (χ3n) is 2.12. The molecule has 11 heavy (non-hydrogen) atoms. The predicted molar refractivity (Wildman–Crippen MR) is 40.5 cm³/mol. The minimum absolute atomic E-state index is 0.0185. The smallest absolute Gasteiger partial charge is 0.102 e. The fourth-order valence-corrected chi connectivity index (χ4v) is 1.46. The number of hydrogen-bond donors (Lipinski definition) is 2. The molecular weight excluding hydrogens is 146 g/mol. The van der Waals surface area contributed by atoms with Gasteiger partial charge in [-0.25, -0.2) is 0 Å². The molecule has 1 saturated heterocycles. The number of hydrogen-bond acceptors (Lipinski definition) is 4. The molecule has 1 aliphatic rings. The van der Waals surface area contributed by atoms with E-state index in [-0.39, 0.29) is 24.9 Å². The zero-order valence-corrected chi connectivity index (χ0v) is 6.91. The maximum absolute atomic E-state index is 8.88. The van der Waals surface area contributed by atoms with Crippen molar-refractivity contribution in [1.29, 1.82) is 0 Å². The van der Waals surface area contributed by atoms with Crippen LogP contribution in [-0.4, -0.2) is 50.7 Å². The molecular formula is C7H15NO3. The van der Waals surface area contributed by atoms with Crippen LogP contribution in [0.2, 0.25) is 0 Å². The van der Waals surface area contributed by atoms with Gasteiger partial charge in [-0.1, -0.05) is 0 Å². The van der Waals surface area contributed by atoms with E-state index in [4.69, 9.17) is 14.6 Å². The maximum Gasteiger partial charge on any atom is 0.102 e. The van der Waals surface area contributed by atoms with Gasteiger partial charge in [-0.2, -0.15) is 0 Å². The molecule has 0 radical (unpaired) electrons. The van der Waals surface area contributed by atoms with E-state index in [1.54, 1.807) is 14.2 Å². The van der Waals surface area contributed by atoms with E-state index in [0.717, 1.165) is 6.54 Å². The average molecular weight is 161 g/mol. The fraction of sp³-hybridized carbons (Fsp3) is 1.00. The lowest BCUT2D eigenvalue weighted by molar-refractivity contribution is -0.0244. The molecule has 0 saturated carbocycles. The SMILES string of the molecule is CO[C@H]1[C@H](CO)NC[C@H]1OC. The minimum atomic E-state index is -0.0231. The highest BCUT2D eigenvalue weighted by Crippen LogP contribution is 2.13. The summed E-state index contributed by atoms with van der Waals surface area (Å²) in [6.07, 6.45) is 0.0437. The summed E-state index contributed by atoms with van der Waals surface area (Å²) < 4.78 is 10.3. The van der Waals surface area contributed by atoms with Crippen LogP contribution in [0.4, 0.5) is 0 Å². The summed E-state index contributed by atoms with van der Waals surface area (Å²) >= 11 is 0.